The summed E-state index contributed by atoms with van der Waals surface area (Å²) in [6.07, 6.45) is 2.32. The Morgan fingerprint density at radius 3 is 2.82 bits per heavy atom. The topological polar surface area (TPSA) is 60.2 Å². The van der Waals surface area contributed by atoms with Gasteiger partial charge in [-0.1, -0.05) is 19.0 Å². The predicted octanol–water partition coefficient (Wildman–Crippen LogP) is 1.63. The van der Waals surface area contributed by atoms with Crippen molar-refractivity contribution in [2.45, 2.75) is 44.8 Å². The summed E-state index contributed by atoms with van der Waals surface area (Å²) in [4.78, 5) is 4.52. The van der Waals surface area contributed by atoms with E-state index in [1.165, 1.54) is 0 Å². The number of nitrogens with one attached hydrogen (secondary N) is 1. The van der Waals surface area contributed by atoms with E-state index >= 15 is 0 Å². The van der Waals surface area contributed by atoms with E-state index < -0.39 is 0 Å². The quantitative estimate of drug-likeness (QED) is 0.865. The minimum atomic E-state index is 0.156. The molecule has 0 spiro atoms. The summed E-state index contributed by atoms with van der Waals surface area (Å²) in [6, 6.07) is 0.156. The van der Waals surface area contributed by atoms with Crippen molar-refractivity contribution in [3.05, 3.63) is 11.7 Å². The maximum atomic E-state index is 5.36. The van der Waals surface area contributed by atoms with Crippen LogP contribution < -0.4 is 5.32 Å². The van der Waals surface area contributed by atoms with Crippen LogP contribution in [0.3, 0.4) is 0 Å². The standard InChI is InChI=1S/C12H19N3O2/c1-12(2)5-8(12)10-14-11(17-15-10)9-4-7(16-3)6-13-9/h7-9,13H,4-6H2,1-3H3. The Morgan fingerprint density at radius 1 is 1.47 bits per heavy atom. The third kappa shape index (κ3) is 1.98. The number of methoxy groups -OCH3 is 1. The zero-order valence-corrected chi connectivity index (χ0v) is 10.6. The van der Waals surface area contributed by atoms with Gasteiger partial charge in [0.25, 0.3) is 0 Å². The number of ether oxygens (including phenoxy) is 1. The van der Waals surface area contributed by atoms with E-state index in [-0.39, 0.29) is 12.1 Å². The summed E-state index contributed by atoms with van der Waals surface area (Å²) in [5.41, 5.74) is 0.347. The average molecular weight is 237 g/mol. The molecule has 1 aliphatic heterocycles. The number of aromatic nitrogens is 2. The average Bonchev–Trinajstić information content (AvgIpc) is 2.81. The van der Waals surface area contributed by atoms with Crippen molar-refractivity contribution in [3.8, 4) is 0 Å². The Kier molecular flexibility index (Phi) is 2.48. The molecule has 0 bridgehead atoms. The van der Waals surface area contributed by atoms with Gasteiger partial charge in [0.1, 0.15) is 0 Å². The van der Waals surface area contributed by atoms with Crippen molar-refractivity contribution < 1.29 is 9.26 Å². The molecule has 1 aliphatic carbocycles. The summed E-state index contributed by atoms with van der Waals surface area (Å²) in [6.45, 7) is 5.33. The van der Waals surface area contributed by atoms with Crippen LogP contribution in [-0.2, 0) is 4.74 Å². The second-order valence-electron chi connectivity index (χ2n) is 5.79. The van der Waals surface area contributed by atoms with Crippen LogP contribution in [0.4, 0.5) is 0 Å². The highest BCUT2D eigenvalue weighted by Gasteiger charge is 2.49. The van der Waals surface area contributed by atoms with Gasteiger partial charge in [-0.25, -0.2) is 0 Å². The monoisotopic (exact) mass is 237 g/mol. The van der Waals surface area contributed by atoms with Crippen molar-refractivity contribution in [1.82, 2.24) is 15.5 Å². The number of rotatable bonds is 3. The molecule has 0 radical (unpaired) electrons. The minimum Gasteiger partial charge on any atom is -0.380 e. The summed E-state index contributed by atoms with van der Waals surface area (Å²) in [7, 11) is 1.74. The Balaban J connectivity index is 1.69. The van der Waals surface area contributed by atoms with Crippen molar-refractivity contribution in [2.75, 3.05) is 13.7 Å². The predicted molar refractivity (Wildman–Crippen MR) is 61.6 cm³/mol. The lowest BCUT2D eigenvalue weighted by Gasteiger charge is -2.04. The Labute approximate surface area is 101 Å². The van der Waals surface area contributed by atoms with Crippen molar-refractivity contribution in [3.63, 3.8) is 0 Å². The van der Waals surface area contributed by atoms with Crippen LogP contribution in [-0.4, -0.2) is 29.9 Å². The van der Waals surface area contributed by atoms with Gasteiger partial charge in [0.05, 0.1) is 12.1 Å². The smallest absolute Gasteiger partial charge is 0.243 e. The van der Waals surface area contributed by atoms with Gasteiger partial charge in [0, 0.05) is 19.6 Å². The molecule has 3 atom stereocenters. The molecule has 1 aromatic heterocycles. The molecule has 2 heterocycles. The molecule has 5 nitrogen and oxygen atoms in total. The molecule has 17 heavy (non-hydrogen) atoms. The molecule has 3 unspecified atom stereocenters. The number of nitrogens with zero attached hydrogens (tertiary/aromatic N) is 2. The Morgan fingerprint density at radius 2 is 2.24 bits per heavy atom. The summed E-state index contributed by atoms with van der Waals surface area (Å²) < 4.78 is 10.7. The van der Waals surface area contributed by atoms with Crippen molar-refractivity contribution in [2.24, 2.45) is 5.41 Å². The molecule has 2 aliphatic rings. The first-order valence-corrected chi connectivity index (χ1v) is 6.20. The fourth-order valence-corrected chi connectivity index (χ4v) is 2.51. The zero-order valence-electron chi connectivity index (χ0n) is 10.6. The number of hydrogen-bond donors (Lipinski definition) is 1. The van der Waals surface area contributed by atoms with Crippen LogP contribution >= 0.6 is 0 Å². The molecule has 0 amide bonds. The van der Waals surface area contributed by atoms with E-state index in [1.807, 2.05) is 0 Å². The fraction of sp³-hybridized carbons (Fsp3) is 0.833. The van der Waals surface area contributed by atoms with E-state index in [4.69, 9.17) is 9.26 Å². The zero-order chi connectivity index (χ0) is 12.0. The van der Waals surface area contributed by atoms with Gasteiger partial charge in [-0.2, -0.15) is 4.98 Å². The first-order valence-electron chi connectivity index (χ1n) is 6.20. The molecule has 3 rings (SSSR count). The highest BCUT2D eigenvalue weighted by atomic mass is 16.5. The minimum absolute atomic E-state index is 0.156. The normalized spacial score (nSPS) is 35.1. The second-order valence-corrected chi connectivity index (χ2v) is 5.79. The van der Waals surface area contributed by atoms with Gasteiger partial charge in [0.2, 0.25) is 5.89 Å². The highest BCUT2D eigenvalue weighted by molar-refractivity contribution is 5.15. The largest absolute Gasteiger partial charge is 0.380 e. The molecule has 94 valence electrons. The van der Waals surface area contributed by atoms with Gasteiger partial charge < -0.3 is 14.6 Å². The second kappa shape index (κ2) is 3.78. The molecular formula is C12H19N3O2. The maximum absolute atomic E-state index is 5.36. The molecule has 2 fully saturated rings. The van der Waals surface area contributed by atoms with Gasteiger partial charge in [-0.15, -0.1) is 0 Å². The van der Waals surface area contributed by atoms with Crippen molar-refractivity contribution in [1.29, 1.82) is 0 Å². The van der Waals surface area contributed by atoms with Crippen LogP contribution in [0.1, 0.15) is 50.4 Å². The Hall–Kier alpha value is -0.940. The fourth-order valence-electron chi connectivity index (χ4n) is 2.51. The lowest BCUT2D eigenvalue weighted by atomic mass is 10.1. The van der Waals surface area contributed by atoms with E-state index in [2.05, 4.69) is 29.3 Å². The highest BCUT2D eigenvalue weighted by Crippen LogP contribution is 2.57. The van der Waals surface area contributed by atoms with E-state index in [1.54, 1.807) is 7.11 Å². The molecule has 1 saturated heterocycles. The van der Waals surface area contributed by atoms with Gasteiger partial charge >= 0.3 is 0 Å². The first-order chi connectivity index (χ1) is 8.10. The van der Waals surface area contributed by atoms with Crippen LogP contribution in [0.15, 0.2) is 4.52 Å². The van der Waals surface area contributed by atoms with Gasteiger partial charge in [-0.3, -0.25) is 0 Å². The maximum Gasteiger partial charge on any atom is 0.243 e. The molecule has 0 aromatic carbocycles. The molecule has 1 N–H and O–H groups in total. The molecular weight excluding hydrogens is 218 g/mol. The van der Waals surface area contributed by atoms with E-state index in [0.717, 1.165) is 25.2 Å². The van der Waals surface area contributed by atoms with Gasteiger partial charge in [0.15, 0.2) is 5.82 Å². The number of hydrogen-bond acceptors (Lipinski definition) is 5. The summed E-state index contributed by atoms with van der Waals surface area (Å²) in [5.74, 6) is 2.05. The van der Waals surface area contributed by atoms with Gasteiger partial charge in [-0.05, 0) is 18.3 Å². The molecule has 1 aromatic rings. The van der Waals surface area contributed by atoms with E-state index in [0.29, 0.717) is 17.2 Å². The third-order valence-electron chi connectivity index (χ3n) is 4.00. The third-order valence-corrected chi connectivity index (χ3v) is 4.00. The van der Waals surface area contributed by atoms with Crippen LogP contribution in [0.5, 0.6) is 0 Å². The van der Waals surface area contributed by atoms with Crippen LogP contribution in [0.25, 0.3) is 0 Å². The lowest BCUT2D eigenvalue weighted by molar-refractivity contribution is 0.116. The Bertz CT molecular complexity index is 416. The lowest BCUT2D eigenvalue weighted by Crippen LogP contribution is -2.16. The summed E-state index contributed by atoms with van der Waals surface area (Å²) in [5, 5.41) is 7.45. The molecule has 1 saturated carbocycles. The SMILES string of the molecule is COC1CNC(c2nc(C3CC3(C)C)no2)C1. The van der Waals surface area contributed by atoms with Crippen LogP contribution in [0.2, 0.25) is 0 Å². The molecule has 5 heteroatoms. The van der Waals surface area contributed by atoms with Crippen LogP contribution in [0, 0.1) is 5.41 Å². The van der Waals surface area contributed by atoms with E-state index in [9.17, 15) is 0 Å². The first kappa shape index (κ1) is 11.2. The summed E-state index contributed by atoms with van der Waals surface area (Å²) >= 11 is 0. The van der Waals surface area contributed by atoms with Crippen molar-refractivity contribution >= 4 is 0 Å².